The van der Waals surface area contributed by atoms with Crippen molar-refractivity contribution in [2.24, 2.45) is 5.16 Å². The molecule has 5 heteroatoms. The van der Waals surface area contributed by atoms with Gasteiger partial charge in [-0.2, -0.15) is 0 Å². The van der Waals surface area contributed by atoms with E-state index in [2.05, 4.69) is 40.7 Å². The van der Waals surface area contributed by atoms with Crippen molar-refractivity contribution in [2.75, 3.05) is 0 Å². The van der Waals surface area contributed by atoms with Crippen molar-refractivity contribution in [1.29, 1.82) is 0 Å². The zero-order valence-electron chi connectivity index (χ0n) is 11.5. The lowest BCUT2D eigenvalue weighted by atomic mass is 10.0. The molecule has 0 bridgehead atoms. The predicted molar refractivity (Wildman–Crippen MR) is 83.3 cm³/mol. The largest absolute Gasteiger partial charge is 0.392 e. The second kappa shape index (κ2) is 5.75. The third-order valence-electron chi connectivity index (χ3n) is 3.05. The third-order valence-corrected chi connectivity index (χ3v) is 5.53. The van der Waals surface area contributed by atoms with Crippen molar-refractivity contribution in [3.8, 4) is 0 Å². The van der Waals surface area contributed by atoms with Gasteiger partial charge in [0.25, 0.3) is 0 Å². The molecule has 19 heavy (non-hydrogen) atoms. The number of halogens is 2. The number of benzene rings is 1. The molecule has 0 radical (unpaired) electrons. The van der Waals surface area contributed by atoms with Crippen LogP contribution in [-0.4, -0.2) is 24.7 Å². The van der Waals surface area contributed by atoms with Crippen LogP contribution >= 0.6 is 15.9 Å². The van der Waals surface area contributed by atoms with E-state index in [1.165, 1.54) is 12.1 Å². The van der Waals surface area contributed by atoms with Gasteiger partial charge in [0.1, 0.15) is 17.6 Å². The summed E-state index contributed by atoms with van der Waals surface area (Å²) in [4.78, 5) is 5.79. The first-order chi connectivity index (χ1) is 8.85. The van der Waals surface area contributed by atoms with Gasteiger partial charge in [0.2, 0.25) is 0 Å². The normalized spacial score (nSPS) is 23.7. The molecule has 0 aliphatic carbocycles. The molecule has 1 aliphatic heterocycles. The Labute approximate surface area is 123 Å². The molecule has 0 saturated carbocycles. The first-order valence-electron chi connectivity index (χ1n) is 6.49. The molecule has 0 saturated heterocycles. The molecule has 1 aromatic rings. The Hall–Kier alpha value is -0.683. The minimum atomic E-state index is -1.15. The summed E-state index contributed by atoms with van der Waals surface area (Å²) in [7, 11) is -1.15. The summed E-state index contributed by atoms with van der Waals surface area (Å²) in [6, 6.07) is 7.49. The first kappa shape index (κ1) is 14.7. The van der Waals surface area contributed by atoms with Gasteiger partial charge in [0, 0.05) is 20.1 Å². The second-order valence-corrected chi connectivity index (χ2v) is 12.8. The molecule has 0 unspecified atom stereocenters. The Morgan fingerprint density at radius 2 is 1.95 bits per heavy atom. The molecule has 0 N–H and O–H groups in total. The van der Waals surface area contributed by atoms with Crippen LogP contribution in [0.15, 0.2) is 29.4 Å². The van der Waals surface area contributed by atoms with Crippen LogP contribution in [0.1, 0.15) is 12.0 Å². The van der Waals surface area contributed by atoms with Crippen LogP contribution in [0.2, 0.25) is 25.7 Å². The molecule has 0 fully saturated rings. The fraction of sp³-hybridized carbons (Fsp3) is 0.500. The molecular weight excluding hydrogens is 325 g/mol. The predicted octanol–water partition coefficient (Wildman–Crippen LogP) is 4.42. The summed E-state index contributed by atoms with van der Waals surface area (Å²) < 4.78 is 12.9. The second-order valence-electron chi connectivity index (χ2n) is 6.18. The molecular formula is C14H19BrFNOSi. The molecule has 0 spiro atoms. The SMILES string of the molecule is C[Si](C)(C)C[C@H]1C[C@H](Br)C(c2ccc(F)cc2)=NO1. The van der Waals surface area contributed by atoms with Crippen molar-refractivity contribution in [2.45, 2.75) is 43.0 Å². The van der Waals surface area contributed by atoms with Gasteiger partial charge in [0.05, 0.1) is 4.83 Å². The fourth-order valence-electron chi connectivity index (χ4n) is 2.23. The van der Waals surface area contributed by atoms with Crippen LogP contribution < -0.4 is 0 Å². The zero-order valence-corrected chi connectivity index (χ0v) is 14.1. The zero-order chi connectivity index (χ0) is 14.0. The molecule has 2 rings (SSSR count). The molecule has 0 amide bonds. The Bertz CT molecular complexity index is 469. The number of hydrogen-bond donors (Lipinski definition) is 0. The van der Waals surface area contributed by atoms with Crippen LogP contribution in [-0.2, 0) is 4.84 Å². The van der Waals surface area contributed by atoms with Crippen molar-refractivity contribution in [1.82, 2.24) is 0 Å². The maximum atomic E-state index is 12.9. The Balaban J connectivity index is 2.10. The third kappa shape index (κ3) is 4.14. The van der Waals surface area contributed by atoms with Gasteiger partial charge < -0.3 is 4.84 Å². The minimum absolute atomic E-state index is 0.174. The maximum Gasteiger partial charge on any atom is 0.126 e. The highest BCUT2D eigenvalue weighted by Crippen LogP contribution is 2.27. The van der Waals surface area contributed by atoms with Gasteiger partial charge >= 0.3 is 0 Å². The lowest BCUT2D eigenvalue weighted by molar-refractivity contribution is 0.0582. The van der Waals surface area contributed by atoms with E-state index >= 15 is 0 Å². The van der Waals surface area contributed by atoms with Crippen molar-refractivity contribution in [3.63, 3.8) is 0 Å². The van der Waals surface area contributed by atoms with Crippen LogP contribution in [0.4, 0.5) is 4.39 Å². The smallest absolute Gasteiger partial charge is 0.126 e. The lowest BCUT2D eigenvalue weighted by Gasteiger charge is -2.29. The minimum Gasteiger partial charge on any atom is -0.392 e. The van der Waals surface area contributed by atoms with E-state index < -0.39 is 8.07 Å². The standard InChI is InChI=1S/C14H19BrFNOSi/c1-19(2,3)9-12-8-13(15)14(17-18-12)10-4-6-11(16)7-5-10/h4-7,12-13H,8-9H2,1-3H3/t12-,13+/m1/s1. The van der Waals surface area contributed by atoms with E-state index in [0.29, 0.717) is 0 Å². The van der Waals surface area contributed by atoms with E-state index in [0.717, 1.165) is 23.7 Å². The van der Waals surface area contributed by atoms with Gasteiger partial charge in [-0.25, -0.2) is 4.39 Å². The highest BCUT2D eigenvalue weighted by atomic mass is 79.9. The van der Waals surface area contributed by atoms with Gasteiger partial charge in [0.15, 0.2) is 0 Å². The quantitative estimate of drug-likeness (QED) is 0.588. The van der Waals surface area contributed by atoms with Crippen LogP contribution in [0.25, 0.3) is 0 Å². The highest BCUT2D eigenvalue weighted by molar-refractivity contribution is 9.10. The fourth-order valence-corrected chi connectivity index (χ4v) is 4.60. The van der Waals surface area contributed by atoms with E-state index in [1.807, 2.05) is 0 Å². The summed E-state index contributed by atoms with van der Waals surface area (Å²) in [5, 5.41) is 4.25. The van der Waals surface area contributed by atoms with Gasteiger partial charge in [-0.15, -0.1) is 0 Å². The average Bonchev–Trinajstić information content (AvgIpc) is 2.29. The van der Waals surface area contributed by atoms with Crippen LogP contribution in [0.5, 0.6) is 0 Å². The van der Waals surface area contributed by atoms with Crippen LogP contribution in [0.3, 0.4) is 0 Å². The summed E-state index contributed by atoms with van der Waals surface area (Å²) >= 11 is 3.67. The molecule has 2 nitrogen and oxygen atoms in total. The van der Waals surface area contributed by atoms with Gasteiger partial charge in [-0.3, -0.25) is 0 Å². The van der Waals surface area contributed by atoms with Gasteiger partial charge in [-0.05, 0) is 18.2 Å². The average molecular weight is 344 g/mol. The number of alkyl halides is 1. The summed E-state index contributed by atoms with van der Waals surface area (Å²) in [6.45, 7) is 7.00. The van der Waals surface area contributed by atoms with E-state index in [9.17, 15) is 4.39 Å². The molecule has 1 heterocycles. The number of oxime groups is 1. The highest BCUT2D eigenvalue weighted by Gasteiger charge is 2.30. The Morgan fingerprint density at radius 1 is 1.32 bits per heavy atom. The van der Waals surface area contributed by atoms with Crippen LogP contribution in [0, 0.1) is 5.82 Å². The summed E-state index contributed by atoms with van der Waals surface area (Å²) in [5.41, 5.74) is 1.77. The Morgan fingerprint density at radius 3 is 2.47 bits per heavy atom. The van der Waals surface area contributed by atoms with Crippen molar-refractivity contribution in [3.05, 3.63) is 35.6 Å². The summed E-state index contributed by atoms with van der Waals surface area (Å²) in [6.07, 6.45) is 1.11. The maximum absolute atomic E-state index is 12.9. The molecule has 1 aromatic carbocycles. The Kier molecular flexibility index (Phi) is 4.45. The monoisotopic (exact) mass is 343 g/mol. The number of hydrogen-bond acceptors (Lipinski definition) is 2. The van der Waals surface area contributed by atoms with Crippen molar-refractivity contribution < 1.29 is 9.23 Å². The molecule has 104 valence electrons. The first-order valence-corrected chi connectivity index (χ1v) is 11.1. The topological polar surface area (TPSA) is 21.6 Å². The number of nitrogens with zero attached hydrogens (tertiary/aromatic N) is 1. The van der Waals surface area contributed by atoms with E-state index in [4.69, 9.17) is 4.84 Å². The van der Waals surface area contributed by atoms with E-state index in [1.54, 1.807) is 12.1 Å². The van der Waals surface area contributed by atoms with Gasteiger partial charge in [-0.1, -0.05) is 52.9 Å². The molecule has 2 atom stereocenters. The number of rotatable bonds is 3. The van der Waals surface area contributed by atoms with Crippen molar-refractivity contribution >= 4 is 29.7 Å². The summed E-state index contributed by atoms with van der Waals surface area (Å²) in [5.74, 6) is -0.233. The molecule has 0 aromatic heterocycles. The molecule has 1 aliphatic rings. The van der Waals surface area contributed by atoms with E-state index in [-0.39, 0.29) is 16.7 Å². The lowest BCUT2D eigenvalue weighted by Crippen LogP contribution is -2.34.